The van der Waals surface area contributed by atoms with Gasteiger partial charge < -0.3 is 10.6 Å². The van der Waals surface area contributed by atoms with E-state index in [0.717, 1.165) is 13.1 Å². The maximum atomic E-state index is 11.7. The van der Waals surface area contributed by atoms with Crippen molar-refractivity contribution in [2.45, 2.75) is 38.1 Å². The highest BCUT2D eigenvalue weighted by molar-refractivity contribution is 5.76. The molecule has 1 saturated heterocycles. The van der Waals surface area contributed by atoms with E-state index in [-0.39, 0.29) is 11.9 Å². The van der Waals surface area contributed by atoms with E-state index in [4.69, 9.17) is 5.73 Å². The van der Waals surface area contributed by atoms with Crippen LogP contribution in [0.3, 0.4) is 0 Å². The number of hydrogen-bond donors (Lipinski definition) is 1. The molecular formula is C12H25N3O. The Morgan fingerprint density at radius 3 is 2.25 bits per heavy atom. The summed E-state index contributed by atoms with van der Waals surface area (Å²) in [7, 11) is 3.61. The van der Waals surface area contributed by atoms with E-state index in [1.165, 1.54) is 25.7 Å². The van der Waals surface area contributed by atoms with Gasteiger partial charge in [0.05, 0.1) is 0 Å². The van der Waals surface area contributed by atoms with E-state index >= 15 is 0 Å². The normalized spacial score (nSPS) is 20.2. The van der Waals surface area contributed by atoms with Gasteiger partial charge in [0.2, 0.25) is 5.91 Å². The first-order valence-corrected chi connectivity index (χ1v) is 6.29. The molecule has 0 aliphatic carbocycles. The summed E-state index contributed by atoms with van der Waals surface area (Å²) in [5.41, 5.74) is 5.79. The number of carbonyl (C=O) groups is 1. The topological polar surface area (TPSA) is 49.6 Å². The first-order chi connectivity index (χ1) is 7.65. The molecule has 0 aromatic rings. The van der Waals surface area contributed by atoms with Gasteiger partial charge in [-0.15, -0.1) is 0 Å². The van der Waals surface area contributed by atoms with Gasteiger partial charge in [-0.05, 0) is 25.9 Å². The van der Waals surface area contributed by atoms with Crippen LogP contribution in [0.25, 0.3) is 0 Å². The highest BCUT2D eigenvalue weighted by Crippen LogP contribution is 2.14. The predicted molar refractivity (Wildman–Crippen MR) is 66.2 cm³/mol. The minimum atomic E-state index is 0.180. The Hall–Kier alpha value is -0.610. The van der Waals surface area contributed by atoms with E-state index < -0.39 is 0 Å². The van der Waals surface area contributed by atoms with Gasteiger partial charge in [-0.25, -0.2) is 0 Å². The van der Waals surface area contributed by atoms with Gasteiger partial charge in [0, 0.05) is 33.1 Å². The fourth-order valence-corrected chi connectivity index (χ4v) is 2.21. The van der Waals surface area contributed by atoms with Gasteiger partial charge in [-0.1, -0.05) is 12.8 Å². The summed E-state index contributed by atoms with van der Waals surface area (Å²) in [5.74, 6) is 0.180. The van der Waals surface area contributed by atoms with Crippen LogP contribution < -0.4 is 5.73 Å². The Kier molecular flexibility index (Phi) is 5.77. The van der Waals surface area contributed by atoms with Crippen molar-refractivity contribution in [1.82, 2.24) is 9.80 Å². The van der Waals surface area contributed by atoms with E-state index in [1.807, 2.05) is 0 Å². The zero-order chi connectivity index (χ0) is 12.0. The van der Waals surface area contributed by atoms with Crippen LogP contribution in [0.1, 0.15) is 32.1 Å². The summed E-state index contributed by atoms with van der Waals surface area (Å²) in [4.78, 5) is 15.7. The molecule has 1 fully saturated rings. The third-order valence-electron chi connectivity index (χ3n) is 3.34. The van der Waals surface area contributed by atoms with Crippen LogP contribution in [-0.2, 0) is 4.79 Å². The van der Waals surface area contributed by atoms with Crippen LogP contribution in [0, 0.1) is 0 Å². The smallest absolute Gasteiger partial charge is 0.223 e. The number of likely N-dealkylation sites (tertiary alicyclic amines) is 1. The van der Waals surface area contributed by atoms with Crippen molar-refractivity contribution in [3.63, 3.8) is 0 Å². The molecule has 94 valence electrons. The van der Waals surface area contributed by atoms with E-state index in [2.05, 4.69) is 4.90 Å². The standard InChI is InChI=1S/C12H25N3O/c1-14(2)12(16)9-11(10-13)15-7-5-3-4-6-8-15/h11H,3-10,13H2,1-2H3. The number of hydrogen-bond acceptors (Lipinski definition) is 3. The van der Waals surface area contributed by atoms with Crippen LogP contribution in [0.15, 0.2) is 0 Å². The first kappa shape index (κ1) is 13.5. The molecular weight excluding hydrogens is 202 g/mol. The minimum absolute atomic E-state index is 0.180. The minimum Gasteiger partial charge on any atom is -0.349 e. The molecule has 0 radical (unpaired) electrons. The number of amides is 1. The highest BCUT2D eigenvalue weighted by atomic mass is 16.2. The molecule has 1 unspecified atom stereocenters. The summed E-state index contributed by atoms with van der Waals surface area (Å²) in [6.07, 6.45) is 5.67. The first-order valence-electron chi connectivity index (χ1n) is 6.29. The van der Waals surface area contributed by atoms with Crippen molar-refractivity contribution in [1.29, 1.82) is 0 Å². The molecule has 4 nitrogen and oxygen atoms in total. The van der Waals surface area contributed by atoms with Gasteiger partial charge in [-0.3, -0.25) is 9.69 Å². The SMILES string of the molecule is CN(C)C(=O)CC(CN)N1CCCCCC1. The second-order valence-corrected chi connectivity index (χ2v) is 4.83. The number of nitrogens with zero attached hydrogens (tertiary/aromatic N) is 2. The Labute approximate surface area is 98.8 Å². The Balaban J connectivity index is 2.48. The lowest BCUT2D eigenvalue weighted by molar-refractivity contribution is -0.129. The van der Waals surface area contributed by atoms with E-state index in [9.17, 15) is 4.79 Å². The van der Waals surface area contributed by atoms with Gasteiger partial charge in [0.25, 0.3) is 0 Å². The van der Waals surface area contributed by atoms with Crippen molar-refractivity contribution in [2.75, 3.05) is 33.7 Å². The monoisotopic (exact) mass is 227 g/mol. The Morgan fingerprint density at radius 1 is 1.25 bits per heavy atom. The average Bonchev–Trinajstić information content (AvgIpc) is 2.53. The molecule has 1 atom stereocenters. The van der Waals surface area contributed by atoms with Crippen molar-refractivity contribution < 1.29 is 4.79 Å². The van der Waals surface area contributed by atoms with Gasteiger partial charge >= 0.3 is 0 Å². The largest absolute Gasteiger partial charge is 0.349 e. The second-order valence-electron chi connectivity index (χ2n) is 4.83. The van der Waals surface area contributed by atoms with Crippen LogP contribution in [0.4, 0.5) is 0 Å². The average molecular weight is 227 g/mol. The number of rotatable bonds is 4. The fraction of sp³-hybridized carbons (Fsp3) is 0.917. The molecule has 1 heterocycles. The molecule has 0 aromatic carbocycles. The van der Waals surface area contributed by atoms with Gasteiger partial charge in [0.15, 0.2) is 0 Å². The molecule has 4 heteroatoms. The molecule has 16 heavy (non-hydrogen) atoms. The lowest BCUT2D eigenvalue weighted by atomic mass is 10.1. The second kappa shape index (κ2) is 6.86. The summed E-state index contributed by atoms with van der Waals surface area (Å²) in [6.45, 7) is 2.78. The fourth-order valence-electron chi connectivity index (χ4n) is 2.21. The van der Waals surface area contributed by atoms with Crippen LogP contribution in [0.2, 0.25) is 0 Å². The van der Waals surface area contributed by atoms with E-state index in [1.54, 1.807) is 19.0 Å². The Morgan fingerprint density at radius 2 is 1.81 bits per heavy atom. The molecule has 2 N–H and O–H groups in total. The summed E-state index contributed by atoms with van der Waals surface area (Å²) < 4.78 is 0. The number of carbonyl (C=O) groups excluding carboxylic acids is 1. The lowest BCUT2D eigenvalue weighted by Gasteiger charge is -2.29. The van der Waals surface area contributed by atoms with Crippen LogP contribution in [-0.4, -0.2) is 55.5 Å². The number of nitrogens with two attached hydrogens (primary N) is 1. The van der Waals surface area contributed by atoms with Crippen molar-refractivity contribution in [2.24, 2.45) is 5.73 Å². The molecule has 0 aromatic heterocycles. The van der Waals surface area contributed by atoms with Crippen molar-refractivity contribution in [3.05, 3.63) is 0 Å². The molecule has 0 bridgehead atoms. The molecule has 1 rings (SSSR count). The lowest BCUT2D eigenvalue weighted by Crippen LogP contribution is -2.44. The van der Waals surface area contributed by atoms with E-state index in [0.29, 0.717) is 13.0 Å². The van der Waals surface area contributed by atoms with Gasteiger partial charge in [0.1, 0.15) is 0 Å². The maximum Gasteiger partial charge on any atom is 0.223 e. The third kappa shape index (κ3) is 4.10. The quantitative estimate of drug-likeness (QED) is 0.768. The van der Waals surface area contributed by atoms with Crippen molar-refractivity contribution in [3.8, 4) is 0 Å². The predicted octanol–water partition coefficient (Wildman–Crippen LogP) is 0.668. The van der Waals surface area contributed by atoms with Crippen LogP contribution in [0.5, 0.6) is 0 Å². The van der Waals surface area contributed by atoms with Gasteiger partial charge in [-0.2, -0.15) is 0 Å². The molecule has 1 aliphatic rings. The Bertz CT molecular complexity index is 210. The third-order valence-corrected chi connectivity index (χ3v) is 3.34. The zero-order valence-corrected chi connectivity index (χ0v) is 10.6. The summed E-state index contributed by atoms with van der Waals surface area (Å²) in [5, 5.41) is 0. The summed E-state index contributed by atoms with van der Waals surface area (Å²) >= 11 is 0. The highest BCUT2D eigenvalue weighted by Gasteiger charge is 2.21. The van der Waals surface area contributed by atoms with Crippen molar-refractivity contribution >= 4 is 5.91 Å². The molecule has 1 aliphatic heterocycles. The summed E-state index contributed by atoms with van der Waals surface area (Å²) in [6, 6.07) is 0.230. The molecule has 1 amide bonds. The van der Waals surface area contributed by atoms with Crippen LogP contribution >= 0.6 is 0 Å². The molecule has 0 saturated carbocycles. The molecule has 0 spiro atoms. The maximum absolute atomic E-state index is 11.7. The zero-order valence-electron chi connectivity index (χ0n) is 10.6.